The highest BCUT2D eigenvalue weighted by atomic mass is 16.2. The number of hydrogen-bond donors (Lipinski definition) is 0. The second kappa shape index (κ2) is 5.61. The van der Waals surface area contributed by atoms with Crippen molar-refractivity contribution in [3.8, 4) is 0 Å². The van der Waals surface area contributed by atoms with Crippen LogP contribution in [0.15, 0.2) is 34.0 Å². The van der Waals surface area contributed by atoms with Gasteiger partial charge in [0.2, 0.25) is 0 Å². The Balaban J connectivity index is 1.92. The molecule has 1 saturated heterocycles. The van der Waals surface area contributed by atoms with E-state index < -0.39 is 0 Å². The number of hydrogen-bond acceptors (Lipinski definition) is 3. The molecule has 0 bridgehead atoms. The van der Waals surface area contributed by atoms with Crippen molar-refractivity contribution in [1.82, 2.24) is 18.6 Å². The van der Waals surface area contributed by atoms with Gasteiger partial charge in [-0.15, -0.1) is 0 Å². The van der Waals surface area contributed by atoms with Crippen LogP contribution in [0.4, 0.5) is 0 Å². The van der Waals surface area contributed by atoms with E-state index in [0.717, 1.165) is 29.6 Å². The fraction of sp³-hybridized carbons (Fsp3) is 0.500. The summed E-state index contributed by atoms with van der Waals surface area (Å²) in [4.78, 5) is 26.3. The molecule has 0 amide bonds. The summed E-state index contributed by atoms with van der Waals surface area (Å²) >= 11 is 0. The molecule has 0 radical (unpaired) electrons. The van der Waals surface area contributed by atoms with E-state index in [0.29, 0.717) is 12.6 Å². The minimum absolute atomic E-state index is 0.243. The highest BCUT2D eigenvalue weighted by Gasteiger charge is 2.28. The fourth-order valence-corrected chi connectivity index (χ4v) is 3.31. The molecule has 1 fully saturated rings. The molecule has 118 valence electrons. The summed E-state index contributed by atoms with van der Waals surface area (Å²) < 4.78 is 4.86. The average Bonchev–Trinajstić information content (AvgIpc) is 3.11. The maximum absolute atomic E-state index is 12.1. The molecular formula is C16H22N4O2. The van der Waals surface area contributed by atoms with Gasteiger partial charge in [-0.05, 0) is 31.5 Å². The normalized spacial score (nSPS) is 19.0. The Morgan fingerprint density at radius 3 is 2.64 bits per heavy atom. The van der Waals surface area contributed by atoms with Gasteiger partial charge in [0, 0.05) is 51.3 Å². The van der Waals surface area contributed by atoms with Crippen LogP contribution >= 0.6 is 0 Å². The van der Waals surface area contributed by atoms with Crippen molar-refractivity contribution in [2.75, 3.05) is 6.54 Å². The van der Waals surface area contributed by atoms with Gasteiger partial charge in [-0.1, -0.05) is 0 Å². The van der Waals surface area contributed by atoms with E-state index in [1.54, 1.807) is 17.7 Å². The van der Waals surface area contributed by atoms with E-state index in [1.165, 1.54) is 12.7 Å². The van der Waals surface area contributed by atoms with Gasteiger partial charge >= 0.3 is 5.69 Å². The summed E-state index contributed by atoms with van der Waals surface area (Å²) in [6, 6.07) is 6.12. The Morgan fingerprint density at radius 2 is 1.95 bits per heavy atom. The van der Waals surface area contributed by atoms with Gasteiger partial charge < -0.3 is 4.57 Å². The number of aromatic nitrogens is 3. The Morgan fingerprint density at radius 1 is 1.18 bits per heavy atom. The van der Waals surface area contributed by atoms with Crippen LogP contribution in [-0.2, 0) is 27.7 Å². The average molecular weight is 302 g/mol. The molecule has 0 aromatic carbocycles. The lowest BCUT2D eigenvalue weighted by Gasteiger charge is -2.26. The van der Waals surface area contributed by atoms with Crippen LogP contribution in [0.5, 0.6) is 0 Å². The van der Waals surface area contributed by atoms with Crippen LogP contribution in [-0.4, -0.2) is 25.1 Å². The highest BCUT2D eigenvalue weighted by Crippen LogP contribution is 2.32. The van der Waals surface area contributed by atoms with Crippen molar-refractivity contribution in [2.45, 2.75) is 25.4 Å². The molecule has 3 heterocycles. The lowest BCUT2D eigenvalue weighted by molar-refractivity contribution is 0.234. The fourth-order valence-electron chi connectivity index (χ4n) is 3.31. The van der Waals surface area contributed by atoms with Crippen molar-refractivity contribution in [1.29, 1.82) is 0 Å². The van der Waals surface area contributed by atoms with E-state index >= 15 is 0 Å². The maximum Gasteiger partial charge on any atom is 0.330 e. The molecule has 6 heteroatoms. The van der Waals surface area contributed by atoms with Crippen LogP contribution in [0.25, 0.3) is 0 Å². The summed E-state index contributed by atoms with van der Waals surface area (Å²) in [7, 11) is 5.29. The van der Waals surface area contributed by atoms with Gasteiger partial charge in [0.25, 0.3) is 5.56 Å². The van der Waals surface area contributed by atoms with Crippen LogP contribution < -0.4 is 11.2 Å². The molecule has 6 nitrogen and oxygen atoms in total. The third-order valence-corrected chi connectivity index (χ3v) is 4.68. The van der Waals surface area contributed by atoms with Gasteiger partial charge in [0.1, 0.15) is 0 Å². The smallest absolute Gasteiger partial charge is 0.330 e. The second-order valence-electron chi connectivity index (χ2n) is 6.05. The van der Waals surface area contributed by atoms with E-state index in [4.69, 9.17) is 0 Å². The van der Waals surface area contributed by atoms with Crippen molar-refractivity contribution in [2.24, 2.45) is 21.1 Å². The first-order valence-corrected chi connectivity index (χ1v) is 7.60. The third kappa shape index (κ3) is 2.43. The molecule has 1 atom stereocenters. The number of likely N-dealkylation sites (tertiary alicyclic amines) is 1. The van der Waals surface area contributed by atoms with Crippen molar-refractivity contribution < 1.29 is 0 Å². The molecule has 1 unspecified atom stereocenters. The van der Waals surface area contributed by atoms with Gasteiger partial charge in [0.05, 0.1) is 6.04 Å². The summed E-state index contributed by atoms with van der Waals surface area (Å²) in [6.07, 6.45) is 4.30. The van der Waals surface area contributed by atoms with E-state index in [1.807, 2.05) is 0 Å². The molecule has 2 aromatic heterocycles. The first-order chi connectivity index (χ1) is 10.5. The molecule has 3 rings (SSSR count). The first kappa shape index (κ1) is 14.8. The molecule has 2 aromatic rings. The SMILES string of the molecule is Cn1cccc1C1CCCN1Cc1cc(=O)n(C)c(=O)n1C. The molecule has 1 aliphatic heterocycles. The van der Waals surface area contributed by atoms with Gasteiger partial charge in [-0.25, -0.2) is 4.79 Å². The van der Waals surface area contributed by atoms with E-state index in [-0.39, 0.29) is 11.2 Å². The third-order valence-electron chi connectivity index (χ3n) is 4.68. The Bertz CT molecular complexity index is 799. The largest absolute Gasteiger partial charge is 0.353 e. The summed E-state index contributed by atoms with van der Waals surface area (Å²) in [5, 5.41) is 0. The molecule has 0 saturated carbocycles. The molecule has 0 aliphatic carbocycles. The predicted octanol–water partition coefficient (Wildman–Crippen LogP) is 0.760. The van der Waals surface area contributed by atoms with Crippen LogP contribution in [0.2, 0.25) is 0 Å². The molecular weight excluding hydrogens is 280 g/mol. The summed E-state index contributed by atoms with van der Waals surface area (Å²) in [6.45, 7) is 1.61. The van der Waals surface area contributed by atoms with Crippen LogP contribution in [0.3, 0.4) is 0 Å². The molecule has 1 aliphatic rings. The standard InChI is InChI=1S/C16H22N4O2/c1-17-8-4-6-13(17)14-7-5-9-20(14)11-12-10-15(21)19(3)16(22)18(12)2/h4,6,8,10,14H,5,7,9,11H2,1-3H3. The van der Waals surface area contributed by atoms with Gasteiger partial charge in [0.15, 0.2) is 0 Å². The zero-order valence-corrected chi connectivity index (χ0v) is 13.3. The first-order valence-electron chi connectivity index (χ1n) is 7.60. The minimum Gasteiger partial charge on any atom is -0.353 e. The van der Waals surface area contributed by atoms with Gasteiger partial charge in [-0.3, -0.25) is 18.8 Å². The molecule has 0 spiro atoms. The van der Waals surface area contributed by atoms with Crippen molar-refractivity contribution in [3.05, 3.63) is 56.6 Å². The number of nitrogens with zero attached hydrogens (tertiary/aromatic N) is 4. The Kier molecular flexibility index (Phi) is 3.78. The maximum atomic E-state index is 12.1. The Labute approximate surface area is 129 Å². The lowest BCUT2D eigenvalue weighted by atomic mass is 10.1. The summed E-state index contributed by atoms with van der Waals surface area (Å²) in [5.74, 6) is 0. The monoisotopic (exact) mass is 302 g/mol. The number of aryl methyl sites for hydroxylation is 1. The quantitative estimate of drug-likeness (QED) is 0.841. The topological polar surface area (TPSA) is 52.2 Å². The van der Waals surface area contributed by atoms with Gasteiger partial charge in [-0.2, -0.15) is 0 Å². The minimum atomic E-state index is -0.267. The number of rotatable bonds is 3. The zero-order chi connectivity index (χ0) is 15.9. The molecule has 0 N–H and O–H groups in total. The summed E-state index contributed by atoms with van der Waals surface area (Å²) in [5.41, 5.74) is 1.55. The lowest BCUT2D eigenvalue weighted by Crippen LogP contribution is -2.39. The molecule has 22 heavy (non-hydrogen) atoms. The zero-order valence-electron chi connectivity index (χ0n) is 13.3. The van der Waals surface area contributed by atoms with E-state index in [9.17, 15) is 9.59 Å². The Hall–Kier alpha value is -2.08. The van der Waals surface area contributed by atoms with Crippen LogP contribution in [0.1, 0.15) is 30.3 Å². The predicted molar refractivity (Wildman–Crippen MR) is 84.7 cm³/mol. The van der Waals surface area contributed by atoms with Crippen molar-refractivity contribution in [3.63, 3.8) is 0 Å². The van der Waals surface area contributed by atoms with Crippen molar-refractivity contribution >= 4 is 0 Å². The van der Waals surface area contributed by atoms with Crippen LogP contribution in [0, 0.1) is 0 Å². The van der Waals surface area contributed by atoms with E-state index in [2.05, 4.69) is 34.8 Å². The highest BCUT2D eigenvalue weighted by molar-refractivity contribution is 5.14. The second-order valence-corrected chi connectivity index (χ2v) is 6.05.